The van der Waals surface area contributed by atoms with Crippen molar-refractivity contribution in [2.75, 3.05) is 4.81 Å². The normalized spacial score (nSPS) is 13.2. The lowest BCUT2D eigenvalue weighted by molar-refractivity contribution is 1.37. The van der Waals surface area contributed by atoms with E-state index in [0.717, 1.165) is 0 Å². The summed E-state index contributed by atoms with van der Waals surface area (Å²) in [6, 6.07) is 49.6. The van der Waals surface area contributed by atoms with Crippen molar-refractivity contribution in [1.82, 2.24) is 0 Å². The molecule has 0 fully saturated rings. The molecule has 2 heteroatoms. The second kappa shape index (κ2) is 7.37. The first kappa shape index (κ1) is 20.3. The smallest absolute Gasteiger partial charge is 0.329 e. The van der Waals surface area contributed by atoms with E-state index >= 15 is 0 Å². The second-order valence-electron chi connectivity index (χ2n) is 10.5. The molecule has 0 aliphatic carbocycles. The largest absolute Gasteiger partial charge is 0.376 e. The zero-order valence-electron chi connectivity index (χ0n) is 20.7. The lowest BCUT2D eigenvalue weighted by Crippen LogP contribution is -2.59. The number of hydrogen-bond donors (Lipinski definition) is 0. The Kier molecular flexibility index (Phi) is 3.93. The molecule has 9 rings (SSSR count). The van der Waals surface area contributed by atoms with Gasteiger partial charge in [0.15, 0.2) is 0 Å². The summed E-state index contributed by atoms with van der Waals surface area (Å²) in [4.78, 5) is 2.61. The van der Waals surface area contributed by atoms with E-state index in [2.05, 4.69) is 138 Å². The van der Waals surface area contributed by atoms with Gasteiger partial charge in [-0.05, 0) is 72.6 Å². The van der Waals surface area contributed by atoms with Gasteiger partial charge in [-0.2, -0.15) is 0 Å². The molecule has 0 aromatic heterocycles. The van der Waals surface area contributed by atoms with Crippen LogP contribution in [0.5, 0.6) is 0 Å². The molecule has 0 unspecified atom stereocenters. The molecule has 0 amide bonds. The van der Waals surface area contributed by atoms with Crippen LogP contribution in [-0.4, -0.2) is 6.85 Å². The zero-order chi connectivity index (χ0) is 24.8. The van der Waals surface area contributed by atoms with Gasteiger partial charge in [-0.1, -0.05) is 115 Å². The van der Waals surface area contributed by atoms with Gasteiger partial charge in [0.25, 0.3) is 0 Å². The molecule has 0 atom stereocenters. The van der Waals surface area contributed by atoms with Crippen molar-refractivity contribution >= 4 is 61.5 Å². The number of hydrogen-bond acceptors (Lipinski definition) is 1. The summed E-state index contributed by atoms with van der Waals surface area (Å²) in [7, 11) is 0. The Morgan fingerprint density at radius 1 is 0.395 bits per heavy atom. The van der Waals surface area contributed by atoms with Crippen LogP contribution < -0.4 is 15.7 Å². The quantitative estimate of drug-likeness (QED) is 0.199. The summed E-state index contributed by atoms with van der Waals surface area (Å²) >= 11 is 0. The third-order valence-electron chi connectivity index (χ3n) is 8.60. The molecule has 7 aromatic carbocycles. The zero-order valence-corrected chi connectivity index (χ0v) is 20.7. The van der Waals surface area contributed by atoms with E-state index in [1.807, 2.05) is 0 Å². The van der Waals surface area contributed by atoms with Gasteiger partial charge in [-0.15, -0.1) is 0 Å². The maximum absolute atomic E-state index is 2.61. The first-order valence-corrected chi connectivity index (χ1v) is 13.3. The third kappa shape index (κ3) is 2.57. The molecule has 0 saturated carbocycles. The molecule has 2 aliphatic rings. The molecular weight excluding hydrogens is 457 g/mol. The molecule has 2 heterocycles. The van der Waals surface area contributed by atoms with Crippen LogP contribution in [-0.2, 0) is 0 Å². The standard InChI is InChI=1S/C36H22BN/c1-2-12-26-22-32-30(21-25(26)11-1)36-28-14-6-4-10-24(28)18-20-34(36)38-33-19-17-23-9-3-5-13-27(23)35(33)29-15-7-8-16-31(29)37(32)38/h1-22H. The van der Waals surface area contributed by atoms with Crippen LogP contribution in [0, 0.1) is 0 Å². The molecular formula is C36H22BN. The number of rotatable bonds is 0. The van der Waals surface area contributed by atoms with Crippen LogP contribution in [0.1, 0.15) is 0 Å². The summed E-state index contributed by atoms with van der Waals surface area (Å²) in [5.41, 5.74) is 10.6. The minimum atomic E-state index is 0.105. The van der Waals surface area contributed by atoms with Gasteiger partial charge in [-0.3, -0.25) is 0 Å². The summed E-state index contributed by atoms with van der Waals surface area (Å²) in [5, 5.41) is 7.75. The van der Waals surface area contributed by atoms with E-state index < -0.39 is 0 Å². The van der Waals surface area contributed by atoms with E-state index in [9.17, 15) is 0 Å². The molecule has 1 nitrogen and oxygen atoms in total. The molecule has 0 N–H and O–H groups in total. The molecule has 38 heavy (non-hydrogen) atoms. The summed E-state index contributed by atoms with van der Waals surface area (Å²) < 4.78 is 0. The molecule has 0 saturated heterocycles. The molecule has 0 bridgehead atoms. The van der Waals surface area contributed by atoms with E-state index in [1.54, 1.807) is 0 Å². The minimum Gasteiger partial charge on any atom is -0.376 e. The highest BCUT2D eigenvalue weighted by atomic mass is 15.1. The molecule has 174 valence electrons. The van der Waals surface area contributed by atoms with Crippen LogP contribution in [0.2, 0.25) is 0 Å². The van der Waals surface area contributed by atoms with Gasteiger partial charge in [0.2, 0.25) is 0 Å². The topological polar surface area (TPSA) is 3.24 Å². The molecule has 7 aromatic rings. The highest BCUT2D eigenvalue weighted by Gasteiger charge is 2.43. The Bertz CT molecular complexity index is 2110. The van der Waals surface area contributed by atoms with Crippen molar-refractivity contribution < 1.29 is 0 Å². The van der Waals surface area contributed by atoms with Crippen molar-refractivity contribution in [2.45, 2.75) is 0 Å². The molecule has 0 spiro atoms. The van der Waals surface area contributed by atoms with Crippen LogP contribution in [0.25, 0.3) is 54.6 Å². The second-order valence-corrected chi connectivity index (χ2v) is 10.5. The van der Waals surface area contributed by atoms with Crippen LogP contribution >= 0.6 is 0 Å². The fourth-order valence-corrected chi connectivity index (χ4v) is 7.01. The van der Waals surface area contributed by atoms with Crippen LogP contribution in [0.15, 0.2) is 133 Å². The Morgan fingerprint density at radius 2 is 0.921 bits per heavy atom. The SMILES string of the molecule is c1ccc2c(c1)B1c3cc4ccccc4cc3-c3c(ccc4ccccc34)N1c1ccc3ccccc3c1-2. The average molecular weight is 479 g/mol. The summed E-state index contributed by atoms with van der Waals surface area (Å²) in [5.74, 6) is 0. The van der Waals surface area contributed by atoms with Gasteiger partial charge in [0, 0.05) is 22.5 Å². The monoisotopic (exact) mass is 479 g/mol. The molecule has 0 radical (unpaired) electrons. The number of nitrogens with zero attached hydrogens (tertiary/aromatic N) is 1. The third-order valence-corrected chi connectivity index (χ3v) is 8.60. The lowest BCUT2D eigenvalue weighted by Gasteiger charge is -2.44. The van der Waals surface area contributed by atoms with Gasteiger partial charge >= 0.3 is 6.85 Å². The van der Waals surface area contributed by atoms with E-state index in [-0.39, 0.29) is 6.85 Å². The van der Waals surface area contributed by atoms with Gasteiger partial charge < -0.3 is 4.81 Å². The predicted octanol–water partition coefficient (Wildman–Crippen LogP) is 8.05. The van der Waals surface area contributed by atoms with Crippen molar-refractivity contribution in [3.8, 4) is 22.3 Å². The fourth-order valence-electron chi connectivity index (χ4n) is 7.01. The van der Waals surface area contributed by atoms with Crippen molar-refractivity contribution in [1.29, 1.82) is 0 Å². The molecule has 2 aliphatic heterocycles. The minimum absolute atomic E-state index is 0.105. The Morgan fingerprint density at radius 3 is 1.61 bits per heavy atom. The Balaban J connectivity index is 1.48. The van der Waals surface area contributed by atoms with Crippen molar-refractivity contribution in [3.63, 3.8) is 0 Å². The lowest BCUT2D eigenvalue weighted by atomic mass is 9.43. The van der Waals surface area contributed by atoms with Crippen LogP contribution in [0.4, 0.5) is 11.4 Å². The highest BCUT2D eigenvalue weighted by molar-refractivity contribution is 6.92. The summed E-state index contributed by atoms with van der Waals surface area (Å²) in [6.45, 7) is 0.105. The van der Waals surface area contributed by atoms with E-state index in [0.29, 0.717) is 0 Å². The maximum atomic E-state index is 2.61. The Hall–Kier alpha value is -4.82. The first-order valence-electron chi connectivity index (χ1n) is 13.3. The predicted molar refractivity (Wildman–Crippen MR) is 163 cm³/mol. The maximum Gasteiger partial charge on any atom is 0.329 e. The van der Waals surface area contributed by atoms with E-state index in [4.69, 9.17) is 0 Å². The first-order chi connectivity index (χ1) is 18.9. The number of anilines is 2. The van der Waals surface area contributed by atoms with Crippen molar-refractivity contribution in [3.05, 3.63) is 133 Å². The van der Waals surface area contributed by atoms with Gasteiger partial charge in [0.1, 0.15) is 0 Å². The van der Waals surface area contributed by atoms with Crippen molar-refractivity contribution in [2.24, 2.45) is 0 Å². The fraction of sp³-hybridized carbons (Fsp3) is 0. The van der Waals surface area contributed by atoms with Gasteiger partial charge in [0.05, 0.1) is 0 Å². The average Bonchev–Trinajstić information content (AvgIpc) is 2.99. The Labute approximate surface area is 221 Å². The van der Waals surface area contributed by atoms with Gasteiger partial charge in [-0.25, -0.2) is 0 Å². The van der Waals surface area contributed by atoms with E-state index in [1.165, 1.54) is 76.9 Å². The highest BCUT2D eigenvalue weighted by Crippen LogP contribution is 2.50. The van der Waals surface area contributed by atoms with Crippen LogP contribution in [0.3, 0.4) is 0 Å². The number of fused-ring (bicyclic) bond motifs is 16. The number of benzene rings is 7. The summed E-state index contributed by atoms with van der Waals surface area (Å²) in [6.07, 6.45) is 0.